The first-order valence-electron chi connectivity index (χ1n) is 10.3. The Morgan fingerprint density at radius 3 is 2.53 bits per heavy atom. The van der Waals surface area contributed by atoms with Gasteiger partial charge in [0.2, 0.25) is 0 Å². The molecule has 2 N–H and O–H groups in total. The molecule has 1 aliphatic rings. The number of halogens is 2. The Labute approximate surface area is 190 Å². The number of hydrogen-bond acceptors (Lipinski definition) is 3. The van der Waals surface area contributed by atoms with Crippen LogP contribution in [0.2, 0.25) is 5.02 Å². The molecular formula is C25H22ClFN2O3. The maximum Gasteiger partial charge on any atom is 0.254 e. The number of ether oxygens (including phenoxy) is 1. The molecule has 0 aliphatic heterocycles. The van der Waals surface area contributed by atoms with E-state index in [0.717, 1.165) is 18.4 Å². The Bertz CT molecular complexity index is 1140. The molecule has 3 aromatic rings. The Balaban J connectivity index is 1.52. The zero-order chi connectivity index (χ0) is 22.7. The van der Waals surface area contributed by atoms with Gasteiger partial charge in [0, 0.05) is 22.2 Å². The predicted octanol–water partition coefficient (Wildman–Crippen LogP) is 4.96. The fourth-order valence-electron chi connectivity index (χ4n) is 3.52. The summed E-state index contributed by atoms with van der Waals surface area (Å²) < 4.78 is 20.1. The molecule has 0 aromatic heterocycles. The third kappa shape index (κ3) is 4.92. The van der Waals surface area contributed by atoms with E-state index in [9.17, 15) is 14.0 Å². The number of nitrogens with two attached hydrogens (primary N) is 1. The van der Waals surface area contributed by atoms with E-state index in [1.165, 1.54) is 6.07 Å². The van der Waals surface area contributed by atoms with Crippen LogP contribution in [0, 0.1) is 5.82 Å². The summed E-state index contributed by atoms with van der Waals surface area (Å²) in [5, 5.41) is 0.304. The van der Waals surface area contributed by atoms with Crippen LogP contribution in [0.15, 0.2) is 66.7 Å². The Morgan fingerprint density at radius 1 is 1.06 bits per heavy atom. The lowest BCUT2D eigenvalue weighted by molar-refractivity contribution is 0.0728. The second kappa shape index (κ2) is 9.40. The fraction of sp³-hybridized carbons (Fsp3) is 0.200. The number of nitrogens with zero attached hydrogens (tertiary/aromatic N) is 1. The van der Waals surface area contributed by atoms with Crippen LogP contribution in [0.4, 0.5) is 4.39 Å². The average molecular weight is 453 g/mol. The molecule has 0 radical (unpaired) electrons. The van der Waals surface area contributed by atoms with Crippen LogP contribution in [-0.2, 0) is 13.2 Å². The first-order chi connectivity index (χ1) is 15.4. The lowest BCUT2D eigenvalue weighted by atomic mass is 10.1. The average Bonchev–Trinajstić information content (AvgIpc) is 3.63. The van der Waals surface area contributed by atoms with Crippen molar-refractivity contribution in [2.75, 3.05) is 0 Å². The van der Waals surface area contributed by atoms with E-state index < -0.39 is 11.7 Å². The highest BCUT2D eigenvalue weighted by Crippen LogP contribution is 2.32. The number of carbonyl (C=O) groups excluding carboxylic acids is 2. The van der Waals surface area contributed by atoms with E-state index in [0.29, 0.717) is 27.5 Å². The molecule has 0 saturated heterocycles. The first kappa shape index (κ1) is 21.8. The van der Waals surface area contributed by atoms with E-state index >= 15 is 0 Å². The van der Waals surface area contributed by atoms with Gasteiger partial charge in [0.05, 0.1) is 12.1 Å². The number of hydrogen-bond donors (Lipinski definition) is 1. The van der Waals surface area contributed by atoms with Gasteiger partial charge < -0.3 is 15.4 Å². The van der Waals surface area contributed by atoms with Gasteiger partial charge in [-0.2, -0.15) is 0 Å². The number of amides is 2. The van der Waals surface area contributed by atoms with Gasteiger partial charge in [-0.1, -0.05) is 41.9 Å². The van der Waals surface area contributed by atoms with Crippen molar-refractivity contribution < 1.29 is 18.7 Å². The van der Waals surface area contributed by atoms with Gasteiger partial charge in [0.1, 0.15) is 18.2 Å². The second-order valence-corrected chi connectivity index (χ2v) is 8.12. The molecule has 1 aliphatic carbocycles. The van der Waals surface area contributed by atoms with Crippen molar-refractivity contribution in [3.63, 3.8) is 0 Å². The van der Waals surface area contributed by atoms with Crippen LogP contribution in [0.1, 0.15) is 44.7 Å². The van der Waals surface area contributed by atoms with Crippen LogP contribution < -0.4 is 10.5 Å². The molecule has 1 saturated carbocycles. The summed E-state index contributed by atoms with van der Waals surface area (Å²) in [6.07, 6.45) is 1.76. The minimum atomic E-state index is -0.573. The zero-order valence-corrected chi connectivity index (χ0v) is 18.0. The predicted molar refractivity (Wildman–Crippen MR) is 120 cm³/mol. The van der Waals surface area contributed by atoms with E-state index in [1.807, 2.05) is 6.07 Å². The SMILES string of the molecule is NC(=O)c1ccccc1OCc1cccc(C(=O)N(Cc2c(F)cccc2Cl)C2CC2)c1. The summed E-state index contributed by atoms with van der Waals surface area (Å²) in [5.74, 6) is -0.806. The van der Waals surface area contributed by atoms with Gasteiger partial charge in [-0.05, 0) is 54.8 Å². The number of benzene rings is 3. The molecule has 0 bridgehead atoms. The minimum Gasteiger partial charge on any atom is -0.488 e. The van der Waals surface area contributed by atoms with Gasteiger partial charge in [0.25, 0.3) is 11.8 Å². The van der Waals surface area contributed by atoms with Gasteiger partial charge >= 0.3 is 0 Å². The monoisotopic (exact) mass is 452 g/mol. The van der Waals surface area contributed by atoms with Crippen molar-refractivity contribution in [1.29, 1.82) is 0 Å². The number of carbonyl (C=O) groups is 2. The number of rotatable bonds is 8. The summed E-state index contributed by atoms with van der Waals surface area (Å²) in [7, 11) is 0. The van der Waals surface area contributed by atoms with Crippen molar-refractivity contribution in [3.8, 4) is 5.75 Å². The van der Waals surface area contributed by atoms with Gasteiger partial charge in [0.15, 0.2) is 0 Å². The third-order valence-electron chi connectivity index (χ3n) is 5.36. The van der Waals surface area contributed by atoms with Crippen molar-refractivity contribution in [2.45, 2.75) is 32.0 Å². The standard InChI is InChI=1S/C25H22ClFN2O3/c26-21-8-4-9-22(27)20(21)14-29(18-11-12-18)25(31)17-6-3-5-16(13-17)15-32-23-10-2-1-7-19(23)24(28)30/h1-10,13,18H,11-12,14-15H2,(H2,28,30). The smallest absolute Gasteiger partial charge is 0.254 e. The first-order valence-corrected chi connectivity index (χ1v) is 10.7. The highest BCUT2D eigenvalue weighted by atomic mass is 35.5. The molecular weight excluding hydrogens is 431 g/mol. The Hall–Kier alpha value is -3.38. The maximum atomic E-state index is 14.3. The molecule has 0 spiro atoms. The van der Waals surface area contributed by atoms with E-state index in [-0.39, 0.29) is 25.1 Å². The molecule has 1 fully saturated rings. The summed E-state index contributed by atoms with van der Waals surface area (Å²) in [4.78, 5) is 26.5. The van der Waals surface area contributed by atoms with Crippen LogP contribution in [0.3, 0.4) is 0 Å². The van der Waals surface area contributed by atoms with Crippen molar-refractivity contribution in [1.82, 2.24) is 4.90 Å². The molecule has 5 nitrogen and oxygen atoms in total. The summed E-state index contributed by atoms with van der Waals surface area (Å²) in [6, 6.07) is 18.4. The fourth-order valence-corrected chi connectivity index (χ4v) is 3.75. The van der Waals surface area contributed by atoms with Crippen molar-refractivity contribution in [2.24, 2.45) is 5.73 Å². The van der Waals surface area contributed by atoms with Gasteiger partial charge in [-0.3, -0.25) is 9.59 Å². The minimum absolute atomic E-state index is 0.0699. The summed E-state index contributed by atoms with van der Waals surface area (Å²) in [5.41, 5.74) is 7.24. The topological polar surface area (TPSA) is 72.6 Å². The van der Waals surface area contributed by atoms with Crippen LogP contribution in [-0.4, -0.2) is 22.8 Å². The van der Waals surface area contributed by atoms with Crippen molar-refractivity contribution in [3.05, 3.63) is 99.8 Å². The van der Waals surface area contributed by atoms with E-state index in [4.69, 9.17) is 22.1 Å². The highest BCUT2D eigenvalue weighted by Gasteiger charge is 2.34. The second-order valence-electron chi connectivity index (χ2n) is 7.71. The van der Waals surface area contributed by atoms with Gasteiger partial charge in [-0.25, -0.2) is 4.39 Å². The van der Waals surface area contributed by atoms with E-state index in [1.54, 1.807) is 59.5 Å². The Kier molecular flexibility index (Phi) is 6.42. The molecule has 0 atom stereocenters. The quantitative estimate of drug-likeness (QED) is 0.525. The van der Waals surface area contributed by atoms with E-state index in [2.05, 4.69) is 0 Å². The van der Waals surface area contributed by atoms with Crippen molar-refractivity contribution >= 4 is 23.4 Å². The molecule has 0 heterocycles. The summed E-state index contributed by atoms with van der Waals surface area (Å²) >= 11 is 6.18. The molecule has 0 unspecified atom stereocenters. The molecule has 32 heavy (non-hydrogen) atoms. The maximum absolute atomic E-state index is 14.3. The number of primary amides is 1. The summed E-state index contributed by atoms with van der Waals surface area (Å²) in [6.45, 7) is 0.274. The Morgan fingerprint density at radius 2 is 1.81 bits per heavy atom. The largest absolute Gasteiger partial charge is 0.488 e. The molecule has 4 rings (SSSR count). The lowest BCUT2D eigenvalue weighted by Gasteiger charge is -2.24. The lowest BCUT2D eigenvalue weighted by Crippen LogP contribution is -2.33. The van der Waals surface area contributed by atoms with Crippen LogP contribution >= 0.6 is 11.6 Å². The van der Waals surface area contributed by atoms with Crippen LogP contribution in [0.5, 0.6) is 5.75 Å². The third-order valence-corrected chi connectivity index (χ3v) is 5.71. The molecule has 164 valence electrons. The number of para-hydroxylation sites is 1. The molecule has 7 heteroatoms. The normalized spacial score (nSPS) is 12.9. The highest BCUT2D eigenvalue weighted by molar-refractivity contribution is 6.31. The van der Waals surface area contributed by atoms with Crippen LogP contribution in [0.25, 0.3) is 0 Å². The molecule has 3 aromatic carbocycles. The van der Waals surface area contributed by atoms with Gasteiger partial charge in [-0.15, -0.1) is 0 Å². The zero-order valence-electron chi connectivity index (χ0n) is 17.3. The molecule has 2 amide bonds.